The van der Waals surface area contributed by atoms with Gasteiger partial charge in [-0.25, -0.2) is 4.98 Å². The molecule has 35 heavy (non-hydrogen) atoms. The summed E-state index contributed by atoms with van der Waals surface area (Å²) < 4.78 is 0. The topological polar surface area (TPSA) is 137 Å². The van der Waals surface area contributed by atoms with Crippen molar-refractivity contribution in [1.82, 2.24) is 20.2 Å². The van der Waals surface area contributed by atoms with Crippen LogP contribution < -0.4 is 16.2 Å². The van der Waals surface area contributed by atoms with Crippen LogP contribution >= 0.6 is 0 Å². The number of rotatable bonds is 6. The predicted molar refractivity (Wildman–Crippen MR) is 131 cm³/mol. The van der Waals surface area contributed by atoms with Gasteiger partial charge in [0.05, 0.1) is 11.1 Å². The summed E-state index contributed by atoms with van der Waals surface area (Å²) in [5, 5.41) is 5.60. The Labute approximate surface area is 201 Å². The molecule has 10 heteroatoms. The lowest BCUT2D eigenvalue weighted by atomic mass is 10.1. The second-order valence-corrected chi connectivity index (χ2v) is 7.95. The number of carbonyl (C=O) groups excluding carboxylic acids is 3. The minimum absolute atomic E-state index is 0.00747. The summed E-state index contributed by atoms with van der Waals surface area (Å²) in [7, 11) is 0. The fourth-order valence-electron chi connectivity index (χ4n) is 3.68. The van der Waals surface area contributed by atoms with E-state index < -0.39 is 23.8 Å². The van der Waals surface area contributed by atoms with Crippen molar-refractivity contribution in [2.75, 3.05) is 5.32 Å². The maximum Gasteiger partial charge on any atom is 0.262 e. The van der Waals surface area contributed by atoms with Crippen molar-refractivity contribution in [3.05, 3.63) is 87.8 Å². The smallest absolute Gasteiger partial charge is 0.262 e. The van der Waals surface area contributed by atoms with E-state index in [1.165, 1.54) is 13.0 Å². The number of aliphatic imine (C=N–C) groups is 1. The standard InChI is InChI=1S/C25H24N6O4/c1-3-9-17-14-20(32)28-24(27-17)30-25(26-16-10-5-4-6-11-16)29-21(33)15(2)31-22(34)18-12-7-8-13-19(18)23(31)35/h4-8,10-15H,3,9H2,1-2H3,(H3,26,27,28,29,30,32,33)/t15-/m0/s1. The van der Waals surface area contributed by atoms with Crippen LogP contribution in [0.2, 0.25) is 0 Å². The summed E-state index contributed by atoms with van der Waals surface area (Å²) in [6, 6.07) is 15.6. The molecule has 1 atom stereocenters. The number of aryl methyl sites for hydroxylation is 1. The maximum absolute atomic E-state index is 13.1. The van der Waals surface area contributed by atoms with Gasteiger partial charge >= 0.3 is 0 Å². The van der Waals surface area contributed by atoms with Crippen LogP contribution in [0.15, 0.2) is 70.5 Å². The number of H-pyrrole nitrogens is 1. The van der Waals surface area contributed by atoms with E-state index in [-0.39, 0.29) is 28.6 Å². The number of nitrogens with one attached hydrogen (secondary N) is 3. The van der Waals surface area contributed by atoms with Crippen molar-refractivity contribution in [3.63, 3.8) is 0 Å². The molecule has 10 nitrogen and oxygen atoms in total. The first-order chi connectivity index (χ1) is 16.9. The quantitative estimate of drug-likeness (QED) is 0.287. The number of para-hydroxylation sites is 1. The van der Waals surface area contributed by atoms with Crippen molar-refractivity contribution in [2.24, 2.45) is 4.99 Å². The molecule has 4 rings (SSSR count). The highest BCUT2D eigenvalue weighted by Gasteiger charge is 2.40. The number of benzene rings is 2. The molecule has 0 saturated heterocycles. The van der Waals surface area contributed by atoms with Gasteiger partial charge in [-0.05, 0) is 37.6 Å². The molecule has 0 unspecified atom stereocenters. The van der Waals surface area contributed by atoms with Crippen LogP contribution in [0.5, 0.6) is 0 Å². The molecule has 3 aromatic rings. The van der Waals surface area contributed by atoms with Gasteiger partial charge in [0.15, 0.2) is 0 Å². The van der Waals surface area contributed by atoms with E-state index in [9.17, 15) is 19.2 Å². The molecular weight excluding hydrogens is 448 g/mol. The third-order valence-corrected chi connectivity index (χ3v) is 5.38. The second kappa shape index (κ2) is 10.1. The molecule has 2 aromatic carbocycles. The van der Waals surface area contributed by atoms with E-state index in [2.05, 4.69) is 25.6 Å². The Morgan fingerprint density at radius 1 is 1.03 bits per heavy atom. The van der Waals surface area contributed by atoms with E-state index in [1.54, 1.807) is 48.5 Å². The summed E-state index contributed by atoms with van der Waals surface area (Å²) in [5.41, 5.74) is 1.32. The summed E-state index contributed by atoms with van der Waals surface area (Å²) in [6.07, 6.45) is 1.39. The van der Waals surface area contributed by atoms with E-state index >= 15 is 0 Å². The molecule has 0 spiro atoms. The normalized spacial score (nSPS) is 14.0. The number of aromatic nitrogens is 2. The molecule has 0 fully saturated rings. The molecule has 1 aliphatic rings. The molecule has 2 heterocycles. The number of imide groups is 1. The van der Waals surface area contributed by atoms with Crippen molar-refractivity contribution in [2.45, 2.75) is 32.7 Å². The van der Waals surface area contributed by atoms with E-state index in [0.717, 1.165) is 11.3 Å². The van der Waals surface area contributed by atoms with Gasteiger partial charge in [-0.1, -0.05) is 43.7 Å². The molecule has 178 valence electrons. The van der Waals surface area contributed by atoms with Gasteiger partial charge in [-0.3, -0.25) is 34.4 Å². The average molecular weight is 473 g/mol. The molecule has 3 N–H and O–H groups in total. The molecular formula is C25H24N6O4. The molecule has 3 amide bonds. The van der Waals surface area contributed by atoms with E-state index in [1.807, 2.05) is 13.0 Å². The number of nitrogens with zero attached hydrogens (tertiary/aromatic N) is 3. The molecule has 1 aromatic heterocycles. The SMILES string of the molecule is CCCc1cc(=O)[nH]c(/N=C(\NC(=O)[C@H](C)N2C(=O)c3ccccc3C2=O)Nc2ccccc2)n1. The number of fused-ring (bicyclic) bond motifs is 1. The first-order valence-electron chi connectivity index (χ1n) is 11.2. The highest BCUT2D eigenvalue weighted by molar-refractivity contribution is 6.23. The Bertz CT molecular complexity index is 1330. The first kappa shape index (κ1) is 23.6. The Morgan fingerprint density at radius 3 is 2.29 bits per heavy atom. The number of amides is 3. The minimum Gasteiger partial charge on any atom is -0.326 e. The van der Waals surface area contributed by atoms with Crippen molar-refractivity contribution >= 4 is 35.3 Å². The van der Waals surface area contributed by atoms with E-state index in [4.69, 9.17) is 0 Å². The highest BCUT2D eigenvalue weighted by Crippen LogP contribution is 2.24. The summed E-state index contributed by atoms with van der Waals surface area (Å²) in [5.74, 6) is -1.75. The van der Waals surface area contributed by atoms with Gasteiger partial charge in [0.1, 0.15) is 6.04 Å². The molecule has 0 aliphatic carbocycles. The lowest BCUT2D eigenvalue weighted by Crippen LogP contribution is -2.50. The van der Waals surface area contributed by atoms with Gasteiger partial charge in [-0.15, -0.1) is 0 Å². The van der Waals surface area contributed by atoms with Crippen LogP contribution in [0.1, 0.15) is 46.7 Å². The number of aromatic amines is 1. The predicted octanol–water partition coefficient (Wildman–Crippen LogP) is 2.62. The highest BCUT2D eigenvalue weighted by atomic mass is 16.2. The van der Waals surface area contributed by atoms with Gasteiger partial charge < -0.3 is 5.32 Å². The maximum atomic E-state index is 13.1. The summed E-state index contributed by atoms with van der Waals surface area (Å²) in [6.45, 7) is 3.42. The number of carbonyl (C=O) groups is 3. The van der Waals surface area contributed by atoms with Crippen molar-refractivity contribution < 1.29 is 14.4 Å². The van der Waals surface area contributed by atoms with Gasteiger partial charge in [0.25, 0.3) is 17.4 Å². The fourth-order valence-corrected chi connectivity index (χ4v) is 3.68. The van der Waals surface area contributed by atoms with Crippen molar-refractivity contribution in [1.29, 1.82) is 0 Å². The van der Waals surface area contributed by atoms with Crippen molar-refractivity contribution in [3.8, 4) is 0 Å². The molecule has 0 saturated carbocycles. The van der Waals surface area contributed by atoms with Gasteiger partial charge in [0, 0.05) is 17.4 Å². The fraction of sp³-hybridized carbons (Fsp3) is 0.200. The monoisotopic (exact) mass is 472 g/mol. The number of guanidine groups is 1. The Balaban J connectivity index is 1.62. The van der Waals surface area contributed by atoms with Crippen LogP contribution in [0, 0.1) is 0 Å². The summed E-state index contributed by atoms with van der Waals surface area (Å²) >= 11 is 0. The Morgan fingerprint density at radius 2 is 1.66 bits per heavy atom. The average Bonchev–Trinajstić information content (AvgIpc) is 3.09. The van der Waals surface area contributed by atoms with Crippen LogP contribution in [0.3, 0.4) is 0 Å². The molecule has 1 aliphatic heterocycles. The summed E-state index contributed by atoms with van der Waals surface area (Å²) in [4.78, 5) is 62.9. The zero-order valence-corrected chi connectivity index (χ0v) is 19.2. The number of hydrogen-bond acceptors (Lipinski definition) is 6. The van der Waals surface area contributed by atoms with Gasteiger partial charge in [0.2, 0.25) is 17.8 Å². The molecule has 0 radical (unpaired) electrons. The second-order valence-electron chi connectivity index (χ2n) is 7.95. The van der Waals surface area contributed by atoms with Crippen LogP contribution in [-0.2, 0) is 11.2 Å². The molecule has 0 bridgehead atoms. The van der Waals surface area contributed by atoms with E-state index in [0.29, 0.717) is 17.8 Å². The lowest BCUT2D eigenvalue weighted by molar-refractivity contribution is -0.123. The number of hydrogen-bond donors (Lipinski definition) is 3. The zero-order valence-electron chi connectivity index (χ0n) is 19.2. The van der Waals surface area contributed by atoms with Crippen LogP contribution in [-0.4, -0.2) is 44.6 Å². The van der Waals surface area contributed by atoms with Gasteiger partial charge in [-0.2, -0.15) is 4.99 Å². The van der Waals surface area contributed by atoms with Crippen LogP contribution in [0.25, 0.3) is 0 Å². The third kappa shape index (κ3) is 5.16. The minimum atomic E-state index is -1.12. The number of anilines is 1. The first-order valence-corrected chi connectivity index (χ1v) is 11.2. The largest absolute Gasteiger partial charge is 0.326 e. The Hall–Kier alpha value is -4.60. The van der Waals surface area contributed by atoms with Crippen LogP contribution in [0.4, 0.5) is 11.6 Å². The lowest BCUT2D eigenvalue weighted by Gasteiger charge is -2.22. The zero-order chi connectivity index (χ0) is 24.9. The Kier molecular flexibility index (Phi) is 6.81. The third-order valence-electron chi connectivity index (χ3n) is 5.38.